The van der Waals surface area contributed by atoms with E-state index in [-0.39, 0.29) is 24.1 Å². The molecule has 2 fully saturated rings. The van der Waals surface area contributed by atoms with Crippen LogP contribution in [0.4, 0.5) is 4.79 Å². The van der Waals surface area contributed by atoms with Crippen LogP contribution in [0.25, 0.3) is 11.0 Å². The summed E-state index contributed by atoms with van der Waals surface area (Å²) in [5, 5.41) is 2.35. The van der Waals surface area contributed by atoms with Crippen molar-refractivity contribution in [3.63, 3.8) is 0 Å². The first kappa shape index (κ1) is 27.8. The molecule has 2 aliphatic heterocycles. The Morgan fingerprint density at radius 2 is 1.82 bits per heavy atom. The number of piperidine rings is 1. The molecule has 2 saturated heterocycles. The third-order valence-electron chi connectivity index (χ3n) is 7.02. The van der Waals surface area contributed by atoms with Gasteiger partial charge in [0, 0.05) is 52.8 Å². The first-order chi connectivity index (χ1) is 18.0. The Labute approximate surface area is 222 Å². The maximum atomic E-state index is 13.1. The molecule has 11 nitrogen and oxygen atoms in total. The summed E-state index contributed by atoms with van der Waals surface area (Å²) in [6.45, 7) is 10.5. The lowest BCUT2D eigenvalue weighted by Gasteiger charge is -2.35. The first-order valence-corrected chi connectivity index (χ1v) is 13.4. The number of fused-ring (bicyclic) bond motifs is 1. The van der Waals surface area contributed by atoms with Gasteiger partial charge in [0.05, 0.1) is 17.6 Å². The van der Waals surface area contributed by atoms with Gasteiger partial charge in [-0.3, -0.25) is 28.9 Å². The number of aromatic nitrogens is 2. The molecule has 0 spiro atoms. The molecule has 1 atom stereocenters. The summed E-state index contributed by atoms with van der Waals surface area (Å²) in [6.07, 6.45) is 1.81. The Morgan fingerprint density at radius 3 is 2.50 bits per heavy atom. The van der Waals surface area contributed by atoms with E-state index in [2.05, 4.69) is 10.2 Å². The van der Waals surface area contributed by atoms with E-state index in [0.717, 1.165) is 43.6 Å². The quantitative estimate of drug-likeness (QED) is 0.410. The molecule has 0 bridgehead atoms. The van der Waals surface area contributed by atoms with E-state index >= 15 is 0 Å². The van der Waals surface area contributed by atoms with E-state index in [1.807, 2.05) is 39.0 Å². The molecule has 208 valence electrons. The summed E-state index contributed by atoms with van der Waals surface area (Å²) < 4.78 is 14.4. The number of benzene rings is 1. The zero-order valence-electron chi connectivity index (χ0n) is 22.8. The number of ether oxygens (including phenoxy) is 2. The van der Waals surface area contributed by atoms with E-state index in [1.165, 1.54) is 4.57 Å². The van der Waals surface area contributed by atoms with Gasteiger partial charge in [-0.05, 0) is 51.7 Å². The van der Waals surface area contributed by atoms with Gasteiger partial charge in [-0.25, -0.2) is 9.59 Å². The number of carbonyl (C=O) groups is 3. The van der Waals surface area contributed by atoms with Crippen LogP contribution in [-0.2, 0) is 32.5 Å². The molecule has 3 heterocycles. The van der Waals surface area contributed by atoms with Crippen LogP contribution >= 0.6 is 0 Å². The molecule has 0 saturated carbocycles. The number of rotatable bonds is 8. The standard InChI is InChI=1S/C27H39N5O6/c1-27(2,3)38-26(36)31-14-12-30(13-15-31)16-18-37-17-6-8-19-7-5-9-20-23(19)29(4)25(35)32(20)21-10-11-22(33)28-24(21)34/h5,7,9,21H,6,8,10-18H2,1-4H3,(H,28,33,34). The van der Waals surface area contributed by atoms with E-state index < -0.39 is 17.6 Å². The molecular weight excluding hydrogens is 490 g/mol. The second-order valence-corrected chi connectivity index (χ2v) is 11.0. The minimum absolute atomic E-state index is 0.218. The van der Waals surface area contributed by atoms with Crippen LogP contribution in [0.1, 0.15) is 51.6 Å². The van der Waals surface area contributed by atoms with Gasteiger partial charge < -0.3 is 14.4 Å². The van der Waals surface area contributed by atoms with Gasteiger partial charge in [0.2, 0.25) is 11.8 Å². The molecule has 11 heteroatoms. The van der Waals surface area contributed by atoms with E-state index in [4.69, 9.17) is 9.47 Å². The van der Waals surface area contributed by atoms with E-state index in [9.17, 15) is 19.2 Å². The SMILES string of the molecule is Cn1c(=O)n(C2CCC(=O)NC2=O)c2cccc(CCCOCCN3CCN(C(=O)OC(C)(C)C)CC3)c21. The number of nitrogens with one attached hydrogen (secondary N) is 1. The van der Waals surface area contributed by atoms with Crippen LogP contribution in [0.15, 0.2) is 23.0 Å². The van der Waals surface area contributed by atoms with Crippen molar-refractivity contribution in [3.05, 3.63) is 34.2 Å². The molecule has 1 aromatic carbocycles. The summed E-state index contributed by atoms with van der Waals surface area (Å²) >= 11 is 0. The normalized spacial score (nSPS) is 19.2. The van der Waals surface area contributed by atoms with Crippen molar-refractivity contribution in [2.45, 2.75) is 58.1 Å². The molecule has 0 radical (unpaired) electrons. The Balaban J connectivity index is 1.24. The summed E-state index contributed by atoms with van der Waals surface area (Å²) in [5.41, 5.74) is 1.79. The van der Waals surface area contributed by atoms with Crippen molar-refractivity contribution in [3.8, 4) is 0 Å². The van der Waals surface area contributed by atoms with Crippen LogP contribution < -0.4 is 11.0 Å². The zero-order chi connectivity index (χ0) is 27.4. The largest absolute Gasteiger partial charge is 0.444 e. The maximum Gasteiger partial charge on any atom is 0.410 e. The van der Waals surface area contributed by atoms with Crippen molar-refractivity contribution in [2.75, 3.05) is 45.9 Å². The number of imide groups is 1. The molecule has 2 aromatic rings. The molecular formula is C27H39N5O6. The molecule has 1 unspecified atom stereocenters. The molecule has 4 rings (SSSR count). The highest BCUT2D eigenvalue weighted by Gasteiger charge is 2.31. The third kappa shape index (κ3) is 6.44. The fourth-order valence-corrected chi connectivity index (χ4v) is 5.09. The lowest BCUT2D eigenvalue weighted by Crippen LogP contribution is -2.50. The number of nitrogens with zero attached hydrogens (tertiary/aromatic N) is 4. The number of hydrogen-bond donors (Lipinski definition) is 1. The number of carbonyl (C=O) groups excluding carboxylic acids is 3. The van der Waals surface area contributed by atoms with Gasteiger partial charge in [0.15, 0.2) is 0 Å². The Bertz CT molecular complexity index is 1240. The zero-order valence-corrected chi connectivity index (χ0v) is 22.8. The lowest BCUT2D eigenvalue weighted by molar-refractivity contribution is -0.135. The predicted octanol–water partition coefficient (Wildman–Crippen LogP) is 1.82. The fourth-order valence-electron chi connectivity index (χ4n) is 5.09. The van der Waals surface area contributed by atoms with Gasteiger partial charge in [0.1, 0.15) is 11.6 Å². The topological polar surface area (TPSA) is 115 Å². The van der Waals surface area contributed by atoms with Gasteiger partial charge in [-0.15, -0.1) is 0 Å². The van der Waals surface area contributed by atoms with Gasteiger partial charge in [0.25, 0.3) is 0 Å². The second-order valence-electron chi connectivity index (χ2n) is 11.0. The van der Waals surface area contributed by atoms with Gasteiger partial charge in [-0.2, -0.15) is 0 Å². The third-order valence-corrected chi connectivity index (χ3v) is 7.02. The number of piperazine rings is 1. The number of aryl methyl sites for hydroxylation is 2. The predicted molar refractivity (Wildman–Crippen MR) is 142 cm³/mol. The van der Waals surface area contributed by atoms with Gasteiger partial charge in [-0.1, -0.05) is 12.1 Å². The highest BCUT2D eigenvalue weighted by Crippen LogP contribution is 2.25. The van der Waals surface area contributed by atoms with Crippen molar-refractivity contribution in [1.29, 1.82) is 0 Å². The summed E-state index contributed by atoms with van der Waals surface area (Å²) in [7, 11) is 1.72. The molecule has 3 amide bonds. The average Bonchev–Trinajstić information content (AvgIpc) is 3.11. The Kier molecular flexibility index (Phi) is 8.57. The van der Waals surface area contributed by atoms with E-state index in [0.29, 0.717) is 38.2 Å². The molecule has 2 aliphatic rings. The first-order valence-electron chi connectivity index (χ1n) is 13.4. The summed E-state index contributed by atoms with van der Waals surface area (Å²) in [5.74, 6) is -0.732. The molecule has 0 aliphatic carbocycles. The highest BCUT2D eigenvalue weighted by molar-refractivity contribution is 6.00. The van der Waals surface area contributed by atoms with Crippen molar-refractivity contribution in [2.24, 2.45) is 7.05 Å². The minimum atomic E-state index is -0.687. The molecule has 1 aromatic heterocycles. The molecule has 38 heavy (non-hydrogen) atoms. The fraction of sp³-hybridized carbons (Fsp3) is 0.630. The number of para-hydroxylation sites is 1. The number of amides is 3. The average molecular weight is 530 g/mol. The monoisotopic (exact) mass is 529 g/mol. The maximum absolute atomic E-state index is 13.1. The van der Waals surface area contributed by atoms with Crippen LogP contribution in [0.2, 0.25) is 0 Å². The highest BCUT2D eigenvalue weighted by atomic mass is 16.6. The van der Waals surface area contributed by atoms with Crippen LogP contribution in [0.3, 0.4) is 0 Å². The second kappa shape index (κ2) is 11.7. The smallest absolute Gasteiger partial charge is 0.410 e. The number of imidazole rings is 1. The van der Waals surface area contributed by atoms with Gasteiger partial charge >= 0.3 is 11.8 Å². The number of hydrogen-bond acceptors (Lipinski definition) is 7. The Morgan fingerprint density at radius 1 is 1.08 bits per heavy atom. The van der Waals surface area contributed by atoms with Crippen molar-refractivity contribution >= 4 is 28.9 Å². The summed E-state index contributed by atoms with van der Waals surface area (Å²) in [4.78, 5) is 53.3. The van der Waals surface area contributed by atoms with Crippen molar-refractivity contribution in [1.82, 2.24) is 24.3 Å². The molecule has 1 N–H and O–H groups in total. The minimum Gasteiger partial charge on any atom is -0.444 e. The van der Waals surface area contributed by atoms with Crippen molar-refractivity contribution < 1.29 is 23.9 Å². The summed E-state index contributed by atoms with van der Waals surface area (Å²) in [6, 6.07) is 5.06. The van der Waals surface area contributed by atoms with Crippen LogP contribution in [0.5, 0.6) is 0 Å². The van der Waals surface area contributed by atoms with Crippen LogP contribution in [0, 0.1) is 0 Å². The Hall–Kier alpha value is -3.18. The lowest BCUT2D eigenvalue weighted by atomic mass is 10.0. The van der Waals surface area contributed by atoms with E-state index in [1.54, 1.807) is 16.5 Å². The van der Waals surface area contributed by atoms with Crippen LogP contribution in [-0.4, -0.2) is 88.4 Å².